The quantitative estimate of drug-likeness (QED) is 0.730. The van der Waals surface area contributed by atoms with Gasteiger partial charge in [-0.05, 0) is 30.7 Å². The number of nitrogens with zero attached hydrogens (tertiary/aromatic N) is 1. The second-order valence-electron chi connectivity index (χ2n) is 6.51. The van der Waals surface area contributed by atoms with Crippen molar-refractivity contribution in [1.82, 2.24) is 4.90 Å². The molecule has 0 aromatic heterocycles. The Kier molecular flexibility index (Phi) is 5.11. The number of aryl methyl sites for hydroxylation is 1. The molecule has 2 atom stereocenters. The summed E-state index contributed by atoms with van der Waals surface area (Å²) in [6.45, 7) is 3.85. The van der Waals surface area contributed by atoms with Crippen molar-refractivity contribution in [2.45, 2.75) is 23.1 Å². The number of sulfone groups is 2. The summed E-state index contributed by atoms with van der Waals surface area (Å²) in [4.78, 5) is 2.08. The lowest BCUT2D eigenvalue weighted by atomic mass is 10.2. The van der Waals surface area contributed by atoms with Gasteiger partial charge in [-0.1, -0.05) is 0 Å². The van der Waals surface area contributed by atoms with Gasteiger partial charge in [0.25, 0.3) is 0 Å². The fourth-order valence-corrected chi connectivity index (χ4v) is 8.46. The lowest BCUT2D eigenvalue weighted by Crippen LogP contribution is -2.50. The summed E-state index contributed by atoms with van der Waals surface area (Å²) in [6.07, 6.45) is 0. The second kappa shape index (κ2) is 6.86. The highest BCUT2D eigenvalue weighted by atomic mass is 32.2. The Hall–Kier alpha value is -1.16. The Bertz CT molecular complexity index is 843. The van der Waals surface area contributed by atoms with Crippen LogP contribution >= 0.6 is 0 Å². The molecular formula is C16H23NO6S2. The molecule has 0 unspecified atom stereocenters. The van der Waals surface area contributed by atoms with Gasteiger partial charge in [0.05, 0.1) is 42.0 Å². The molecule has 0 amide bonds. The summed E-state index contributed by atoms with van der Waals surface area (Å²) in [7, 11) is -5.65. The molecule has 0 bridgehead atoms. The van der Waals surface area contributed by atoms with Crippen LogP contribution in [0.25, 0.3) is 0 Å². The highest BCUT2D eigenvalue weighted by Crippen LogP contribution is 2.31. The average Bonchev–Trinajstić information content (AvgIpc) is 2.92. The molecule has 1 aromatic rings. The van der Waals surface area contributed by atoms with Gasteiger partial charge in [0.1, 0.15) is 5.75 Å². The Labute approximate surface area is 148 Å². The van der Waals surface area contributed by atoms with Crippen molar-refractivity contribution in [2.24, 2.45) is 0 Å². The van der Waals surface area contributed by atoms with Crippen LogP contribution in [0.15, 0.2) is 23.1 Å². The van der Waals surface area contributed by atoms with E-state index in [1.807, 2.05) is 4.90 Å². The van der Waals surface area contributed by atoms with E-state index in [1.54, 1.807) is 19.1 Å². The van der Waals surface area contributed by atoms with Crippen LogP contribution in [0.2, 0.25) is 0 Å². The first-order valence-corrected chi connectivity index (χ1v) is 11.5. The van der Waals surface area contributed by atoms with Gasteiger partial charge in [0.15, 0.2) is 19.7 Å². The first-order valence-electron chi connectivity index (χ1n) is 8.15. The number of rotatable bonds is 4. The van der Waals surface area contributed by atoms with Crippen molar-refractivity contribution in [1.29, 1.82) is 0 Å². The summed E-state index contributed by atoms with van der Waals surface area (Å²) < 4.78 is 61.2. The summed E-state index contributed by atoms with van der Waals surface area (Å²) in [5, 5.41) is -0.955. The van der Waals surface area contributed by atoms with Crippen LogP contribution in [0, 0.1) is 6.92 Å². The maximum atomic E-state index is 13.2. The molecule has 2 aliphatic heterocycles. The number of morpholine rings is 1. The molecule has 2 aliphatic rings. The van der Waals surface area contributed by atoms with Crippen molar-refractivity contribution in [3.05, 3.63) is 23.8 Å². The van der Waals surface area contributed by atoms with Crippen molar-refractivity contribution in [3.8, 4) is 5.75 Å². The van der Waals surface area contributed by atoms with E-state index < -0.39 is 31.0 Å². The minimum atomic E-state index is -3.77. The lowest BCUT2D eigenvalue weighted by molar-refractivity contribution is 0.0222. The van der Waals surface area contributed by atoms with Crippen LogP contribution in [-0.4, -0.2) is 77.9 Å². The van der Waals surface area contributed by atoms with Gasteiger partial charge in [-0.3, -0.25) is 4.90 Å². The zero-order valence-electron chi connectivity index (χ0n) is 14.3. The molecule has 1 aromatic carbocycles. The highest BCUT2D eigenvalue weighted by Gasteiger charge is 2.48. The third kappa shape index (κ3) is 3.69. The van der Waals surface area contributed by atoms with Gasteiger partial charge in [-0.2, -0.15) is 0 Å². The monoisotopic (exact) mass is 389 g/mol. The fraction of sp³-hybridized carbons (Fsp3) is 0.625. The molecule has 3 rings (SSSR count). The molecule has 0 radical (unpaired) electrons. The Balaban J connectivity index is 1.97. The molecule has 7 nitrogen and oxygen atoms in total. The van der Waals surface area contributed by atoms with Crippen molar-refractivity contribution < 1.29 is 26.3 Å². The molecular weight excluding hydrogens is 366 g/mol. The molecule has 9 heteroatoms. The maximum Gasteiger partial charge on any atom is 0.183 e. The summed E-state index contributed by atoms with van der Waals surface area (Å²) in [5.74, 6) is 0.150. The van der Waals surface area contributed by atoms with Gasteiger partial charge in [0, 0.05) is 19.1 Å². The SMILES string of the molecule is COc1ccc(S(=O)(=O)[C@H]2CS(=O)(=O)C[C@@H]2N2CCOCC2)cc1C. The van der Waals surface area contributed by atoms with Crippen LogP contribution in [0.5, 0.6) is 5.75 Å². The molecule has 0 saturated carbocycles. The van der Waals surface area contributed by atoms with Gasteiger partial charge in [0.2, 0.25) is 0 Å². The first-order chi connectivity index (χ1) is 11.7. The molecule has 0 spiro atoms. The summed E-state index contributed by atoms with van der Waals surface area (Å²) in [5.41, 5.74) is 0.701. The van der Waals surface area contributed by atoms with Crippen LogP contribution < -0.4 is 4.74 Å². The standard InChI is InChI=1S/C16H23NO6S2/c1-12-9-13(3-4-15(12)22-2)25(20,21)16-11-24(18,19)10-14(16)17-5-7-23-8-6-17/h3-4,9,14,16H,5-8,10-11H2,1-2H3/t14-,16-/m0/s1. The second-order valence-corrected chi connectivity index (χ2v) is 10.8. The molecule has 140 valence electrons. The molecule has 2 heterocycles. The molecule has 0 N–H and O–H groups in total. The first kappa shape index (κ1) is 18.6. The van der Waals surface area contributed by atoms with Crippen molar-refractivity contribution >= 4 is 19.7 Å². The normalized spacial score (nSPS) is 27.3. The van der Waals surface area contributed by atoms with E-state index in [2.05, 4.69) is 0 Å². The zero-order chi connectivity index (χ0) is 18.2. The van der Waals surface area contributed by atoms with E-state index in [0.717, 1.165) is 0 Å². The number of hydrogen-bond acceptors (Lipinski definition) is 7. The van der Waals surface area contributed by atoms with E-state index >= 15 is 0 Å². The van der Waals surface area contributed by atoms with Gasteiger partial charge in [-0.25, -0.2) is 16.8 Å². The summed E-state index contributed by atoms with van der Waals surface area (Å²) >= 11 is 0. The fourth-order valence-electron chi connectivity index (χ4n) is 3.55. The minimum absolute atomic E-state index is 0.119. The predicted molar refractivity (Wildman–Crippen MR) is 93.5 cm³/mol. The van der Waals surface area contributed by atoms with Crippen LogP contribution in [0.1, 0.15) is 5.56 Å². The van der Waals surface area contributed by atoms with Gasteiger partial charge in [-0.15, -0.1) is 0 Å². The van der Waals surface area contributed by atoms with E-state index in [1.165, 1.54) is 13.2 Å². The lowest BCUT2D eigenvalue weighted by Gasteiger charge is -2.34. The molecule has 25 heavy (non-hydrogen) atoms. The Morgan fingerprint density at radius 1 is 1.20 bits per heavy atom. The van der Waals surface area contributed by atoms with Gasteiger partial charge >= 0.3 is 0 Å². The highest BCUT2D eigenvalue weighted by molar-refractivity contribution is 7.96. The smallest absolute Gasteiger partial charge is 0.183 e. The number of methoxy groups -OCH3 is 1. The van der Waals surface area contributed by atoms with E-state index in [0.29, 0.717) is 37.6 Å². The van der Waals surface area contributed by atoms with Crippen LogP contribution in [0.4, 0.5) is 0 Å². The maximum absolute atomic E-state index is 13.2. The van der Waals surface area contributed by atoms with E-state index in [9.17, 15) is 16.8 Å². The number of ether oxygens (including phenoxy) is 2. The van der Waals surface area contributed by atoms with E-state index in [4.69, 9.17) is 9.47 Å². The molecule has 2 fully saturated rings. The number of hydrogen-bond donors (Lipinski definition) is 0. The van der Waals surface area contributed by atoms with Crippen molar-refractivity contribution in [3.63, 3.8) is 0 Å². The number of benzene rings is 1. The topological polar surface area (TPSA) is 90.0 Å². The Morgan fingerprint density at radius 3 is 2.48 bits per heavy atom. The van der Waals surface area contributed by atoms with Crippen molar-refractivity contribution in [2.75, 3.05) is 44.9 Å². The average molecular weight is 389 g/mol. The minimum Gasteiger partial charge on any atom is -0.496 e. The zero-order valence-corrected chi connectivity index (χ0v) is 16.0. The largest absolute Gasteiger partial charge is 0.496 e. The molecule has 0 aliphatic carbocycles. The third-order valence-corrected chi connectivity index (χ3v) is 9.00. The van der Waals surface area contributed by atoms with Gasteiger partial charge < -0.3 is 9.47 Å². The van der Waals surface area contributed by atoms with Crippen LogP contribution in [0.3, 0.4) is 0 Å². The summed E-state index contributed by atoms with van der Waals surface area (Å²) in [6, 6.07) is 4.12. The predicted octanol–water partition coefficient (Wildman–Crippen LogP) is 0.275. The third-order valence-electron chi connectivity index (χ3n) is 4.88. The molecule has 2 saturated heterocycles. The Morgan fingerprint density at radius 2 is 1.88 bits per heavy atom. The van der Waals surface area contributed by atoms with Crippen LogP contribution in [-0.2, 0) is 24.4 Å². The van der Waals surface area contributed by atoms with E-state index in [-0.39, 0.29) is 16.4 Å².